The van der Waals surface area contributed by atoms with Gasteiger partial charge >= 0.3 is 6.18 Å². The van der Waals surface area contributed by atoms with E-state index in [0.29, 0.717) is 25.4 Å². The second-order valence-corrected chi connectivity index (χ2v) is 6.24. The van der Waals surface area contributed by atoms with E-state index in [-0.39, 0.29) is 5.56 Å². The summed E-state index contributed by atoms with van der Waals surface area (Å²) in [6, 6.07) is 12.7. The van der Waals surface area contributed by atoms with Gasteiger partial charge in [0.25, 0.3) is 0 Å². The van der Waals surface area contributed by atoms with Gasteiger partial charge in [-0.1, -0.05) is 36.4 Å². The molecule has 1 unspecified atom stereocenters. The van der Waals surface area contributed by atoms with Crippen molar-refractivity contribution in [1.29, 1.82) is 0 Å². The maximum atomic E-state index is 13.7. The van der Waals surface area contributed by atoms with Crippen molar-refractivity contribution in [1.82, 2.24) is 10.2 Å². The van der Waals surface area contributed by atoms with Gasteiger partial charge in [0, 0.05) is 31.7 Å². The number of hydrogen-bond donors (Lipinski definition) is 1. The molecule has 0 aromatic heterocycles. The fraction of sp³-hybridized carbons (Fsp3) is 0.400. The summed E-state index contributed by atoms with van der Waals surface area (Å²) < 4.78 is 46.8. The molecule has 1 N–H and O–H groups in total. The van der Waals surface area contributed by atoms with Gasteiger partial charge in [-0.3, -0.25) is 4.90 Å². The Balaban J connectivity index is 2.15. The molecule has 0 bridgehead atoms. The maximum Gasteiger partial charge on any atom is 0.416 e. The Hall–Kier alpha value is -2.05. The Morgan fingerprint density at radius 3 is 2.27 bits per heavy atom. The van der Waals surface area contributed by atoms with Crippen molar-refractivity contribution >= 4 is 0 Å². The monoisotopic (exact) mass is 364 g/mol. The summed E-state index contributed by atoms with van der Waals surface area (Å²) in [7, 11) is 0. The molecule has 0 aliphatic carbocycles. The van der Waals surface area contributed by atoms with E-state index in [1.54, 1.807) is 12.1 Å². The second kappa shape index (κ2) is 8.10. The number of rotatable bonds is 5. The van der Waals surface area contributed by atoms with E-state index in [1.165, 1.54) is 6.07 Å². The minimum Gasteiger partial charge on any atom is -0.494 e. The summed E-state index contributed by atoms with van der Waals surface area (Å²) in [5.41, 5.74) is 0.455. The molecule has 3 nitrogen and oxygen atoms in total. The summed E-state index contributed by atoms with van der Waals surface area (Å²) in [4.78, 5) is 2.10. The van der Waals surface area contributed by atoms with Crippen LogP contribution >= 0.6 is 0 Å². The molecule has 1 fully saturated rings. The van der Waals surface area contributed by atoms with E-state index in [9.17, 15) is 13.2 Å². The average molecular weight is 364 g/mol. The van der Waals surface area contributed by atoms with Gasteiger partial charge in [-0.25, -0.2) is 0 Å². The van der Waals surface area contributed by atoms with Crippen LogP contribution in [0.25, 0.3) is 0 Å². The van der Waals surface area contributed by atoms with E-state index in [1.807, 2.05) is 31.2 Å². The van der Waals surface area contributed by atoms with Crippen molar-refractivity contribution in [3.63, 3.8) is 0 Å². The first-order chi connectivity index (χ1) is 12.5. The molecule has 1 aliphatic rings. The highest BCUT2D eigenvalue weighted by Gasteiger charge is 2.37. The fourth-order valence-corrected chi connectivity index (χ4v) is 3.49. The van der Waals surface area contributed by atoms with Gasteiger partial charge in [0.05, 0.1) is 18.2 Å². The number of alkyl halides is 3. The lowest BCUT2D eigenvalue weighted by Crippen LogP contribution is -2.45. The normalized spacial score (nSPS) is 17.1. The molecule has 3 rings (SSSR count). The second-order valence-electron chi connectivity index (χ2n) is 6.24. The van der Waals surface area contributed by atoms with E-state index in [2.05, 4.69) is 10.2 Å². The van der Waals surface area contributed by atoms with Crippen molar-refractivity contribution in [2.45, 2.75) is 19.1 Å². The van der Waals surface area contributed by atoms with Gasteiger partial charge < -0.3 is 10.1 Å². The minimum absolute atomic E-state index is 0.272. The molecule has 1 heterocycles. The van der Waals surface area contributed by atoms with Crippen LogP contribution in [0.15, 0.2) is 48.5 Å². The third-order valence-electron chi connectivity index (χ3n) is 4.59. The first-order valence-electron chi connectivity index (χ1n) is 8.85. The molecule has 0 radical (unpaired) electrons. The van der Waals surface area contributed by atoms with Crippen LogP contribution in [0.1, 0.15) is 29.7 Å². The molecule has 0 spiro atoms. The van der Waals surface area contributed by atoms with Crippen LogP contribution in [0.2, 0.25) is 0 Å². The van der Waals surface area contributed by atoms with E-state index >= 15 is 0 Å². The number of nitrogens with one attached hydrogen (secondary N) is 1. The van der Waals surface area contributed by atoms with Crippen LogP contribution in [0.4, 0.5) is 13.2 Å². The Morgan fingerprint density at radius 1 is 1.00 bits per heavy atom. The van der Waals surface area contributed by atoms with Gasteiger partial charge in [0.1, 0.15) is 5.75 Å². The molecule has 6 heteroatoms. The van der Waals surface area contributed by atoms with Crippen molar-refractivity contribution in [2.75, 3.05) is 32.8 Å². The zero-order chi connectivity index (χ0) is 18.6. The van der Waals surface area contributed by atoms with Crippen LogP contribution in [0.5, 0.6) is 5.75 Å². The van der Waals surface area contributed by atoms with Crippen molar-refractivity contribution in [3.8, 4) is 5.75 Å². The van der Waals surface area contributed by atoms with Crippen molar-refractivity contribution in [2.24, 2.45) is 0 Å². The smallest absolute Gasteiger partial charge is 0.416 e. The standard InChI is InChI=1S/C20H23F3N2O/c1-2-26-18-10-6-4-8-16(18)19(25-13-11-24-12-14-25)15-7-3-5-9-17(15)20(21,22)23/h3-10,19,24H,2,11-14H2,1H3. The Bertz CT molecular complexity index is 727. The van der Waals surface area contributed by atoms with Crippen LogP contribution in [0.3, 0.4) is 0 Å². The zero-order valence-electron chi connectivity index (χ0n) is 14.7. The van der Waals surface area contributed by atoms with Crippen LogP contribution in [-0.2, 0) is 6.18 Å². The lowest BCUT2D eigenvalue weighted by molar-refractivity contribution is -0.138. The Morgan fingerprint density at radius 2 is 1.62 bits per heavy atom. The third-order valence-corrected chi connectivity index (χ3v) is 4.59. The summed E-state index contributed by atoms with van der Waals surface area (Å²) in [5, 5.41) is 3.26. The molecule has 1 saturated heterocycles. The van der Waals surface area contributed by atoms with Crippen LogP contribution < -0.4 is 10.1 Å². The van der Waals surface area contributed by atoms with E-state index < -0.39 is 17.8 Å². The quantitative estimate of drug-likeness (QED) is 0.865. The highest BCUT2D eigenvalue weighted by molar-refractivity contribution is 5.45. The summed E-state index contributed by atoms with van der Waals surface area (Å²) in [5.74, 6) is 0.635. The van der Waals surface area contributed by atoms with Gasteiger partial charge in [-0.2, -0.15) is 13.2 Å². The number of halogens is 3. The molecule has 140 valence electrons. The van der Waals surface area contributed by atoms with Crippen LogP contribution in [-0.4, -0.2) is 37.7 Å². The van der Waals surface area contributed by atoms with Gasteiger partial charge in [-0.05, 0) is 24.6 Å². The van der Waals surface area contributed by atoms with E-state index in [4.69, 9.17) is 4.74 Å². The fourth-order valence-electron chi connectivity index (χ4n) is 3.49. The lowest BCUT2D eigenvalue weighted by Gasteiger charge is -2.37. The SMILES string of the molecule is CCOc1ccccc1C(c1ccccc1C(F)(F)F)N1CCNCC1. The topological polar surface area (TPSA) is 24.5 Å². The molecule has 1 atom stereocenters. The van der Waals surface area contributed by atoms with Crippen LogP contribution in [0, 0.1) is 0 Å². The number of benzene rings is 2. The largest absolute Gasteiger partial charge is 0.494 e. The number of para-hydroxylation sites is 1. The molecule has 26 heavy (non-hydrogen) atoms. The van der Waals surface area contributed by atoms with Gasteiger partial charge in [0.2, 0.25) is 0 Å². The highest BCUT2D eigenvalue weighted by atomic mass is 19.4. The molecule has 2 aromatic rings. The minimum atomic E-state index is -4.40. The highest BCUT2D eigenvalue weighted by Crippen LogP contribution is 2.41. The molecule has 0 amide bonds. The molecule has 0 saturated carbocycles. The molecule has 1 aliphatic heterocycles. The third kappa shape index (κ3) is 4.02. The Labute approximate surface area is 151 Å². The zero-order valence-corrected chi connectivity index (χ0v) is 14.7. The first-order valence-corrected chi connectivity index (χ1v) is 8.85. The molecule has 2 aromatic carbocycles. The number of ether oxygens (including phenoxy) is 1. The lowest BCUT2D eigenvalue weighted by atomic mass is 9.91. The van der Waals surface area contributed by atoms with Gasteiger partial charge in [-0.15, -0.1) is 0 Å². The number of nitrogens with zero attached hydrogens (tertiary/aromatic N) is 1. The van der Waals surface area contributed by atoms with Gasteiger partial charge in [0.15, 0.2) is 0 Å². The first kappa shape index (κ1) is 18.7. The molecular weight excluding hydrogens is 341 g/mol. The average Bonchev–Trinajstić information content (AvgIpc) is 2.64. The number of hydrogen-bond acceptors (Lipinski definition) is 3. The van der Waals surface area contributed by atoms with Crippen molar-refractivity contribution in [3.05, 3.63) is 65.2 Å². The summed E-state index contributed by atoms with van der Waals surface area (Å²) in [6.07, 6.45) is -4.40. The van der Waals surface area contributed by atoms with E-state index in [0.717, 1.165) is 24.7 Å². The predicted molar refractivity (Wildman–Crippen MR) is 95.3 cm³/mol. The number of piperazine rings is 1. The predicted octanol–water partition coefficient (Wildman–Crippen LogP) is 4.10. The molecular formula is C20H23F3N2O. The summed E-state index contributed by atoms with van der Waals surface area (Å²) in [6.45, 7) is 5.20. The Kier molecular flexibility index (Phi) is 5.84. The van der Waals surface area contributed by atoms with Crippen molar-refractivity contribution < 1.29 is 17.9 Å². The summed E-state index contributed by atoms with van der Waals surface area (Å²) >= 11 is 0. The maximum absolute atomic E-state index is 13.7.